The van der Waals surface area contributed by atoms with Gasteiger partial charge in [-0.05, 0) is 61.7 Å². The molecule has 0 fully saturated rings. The van der Waals surface area contributed by atoms with Crippen molar-refractivity contribution in [2.45, 2.75) is 20.3 Å². The van der Waals surface area contributed by atoms with Crippen LogP contribution in [0.25, 0.3) is 11.6 Å². The van der Waals surface area contributed by atoms with E-state index < -0.39 is 5.97 Å². The van der Waals surface area contributed by atoms with E-state index in [1.807, 2.05) is 19.9 Å². The highest BCUT2D eigenvalue weighted by Crippen LogP contribution is 2.35. The molecule has 0 radical (unpaired) electrons. The quantitative estimate of drug-likeness (QED) is 0.229. The SMILES string of the molecule is COC(=O)/C(=C/c1ccc(O)c(O)c1)c1cc(O)c(CC=C(C)C)c(OC)c1. The molecule has 28 heavy (non-hydrogen) atoms. The molecule has 0 saturated heterocycles. The van der Waals surface area contributed by atoms with Crippen LogP contribution in [0, 0.1) is 0 Å². The molecule has 0 saturated carbocycles. The Bertz CT molecular complexity index is 936. The summed E-state index contributed by atoms with van der Waals surface area (Å²) >= 11 is 0. The fourth-order valence-electron chi connectivity index (χ4n) is 2.65. The Hall–Kier alpha value is -3.41. The average molecular weight is 384 g/mol. The van der Waals surface area contributed by atoms with Crippen LogP contribution < -0.4 is 4.74 Å². The van der Waals surface area contributed by atoms with E-state index in [-0.39, 0.29) is 22.8 Å². The Morgan fingerprint density at radius 1 is 1.00 bits per heavy atom. The monoisotopic (exact) mass is 384 g/mol. The molecule has 6 heteroatoms. The van der Waals surface area contributed by atoms with Crippen LogP contribution in [0.15, 0.2) is 42.0 Å². The lowest BCUT2D eigenvalue weighted by Crippen LogP contribution is -2.05. The van der Waals surface area contributed by atoms with Gasteiger partial charge in [0.15, 0.2) is 11.5 Å². The number of hydrogen-bond donors (Lipinski definition) is 3. The second-order valence-electron chi connectivity index (χ2n) is 6.46. The van der Waals surface area contributed by atoms with Crippen LogP contribution in [0.1, 0.15) is 30.5 Å². The van der Waals surface area contributed by atoms with E-state index in [1.165, 1.54) is 44.6 Å². The standard InChI is InChI=1S/C22H24O6/c1-13(2)5-7-16-19(24)11-15(12-21(16)27-3)17(22(26)28-4)9-14-6-8-18(23)20(25)10-14/h5-6,8-12,23-25H,7H2,1-4H3/b17-9+. The number of benzene rings is 2. The highest BCUT2D eigenvalue weighted by molar-refractivity contribution is 6.21. The molecule has 2 aromatic rings. The molecule has 2 rings (SSSR count). The second-order valence-corrected chi connectivity index (χ2v) is 6.46. The number of esters is 1. The Kier molecular flexibility index (Phi) is 6.71. The first-order chi connectivity index (χ1) is 13.3. The molecular weight excluding hydrogens is 360 g/mol. The van der Waals surface area contributed by atoms with Crippen molar-refractivity contribution >= 4 is 17.6 Å². The van der Waals surface area contributed by atoms with Gasteiger partial charge in [0.25, 0.3) is 0 Å². The van der Waals surface area contributed by atoms with Gasteiger partial charge in [-0.1, -0.05) is 17.7 Å². The molecule has 2 aromatic carbocycles. The zero-order valence-corrected chi connectivity index (χ0v) is 16.3. The van der Waals surface area contributed by atoms with Gasteiger partial charge >= 0.3 is 5.97 Å². The summed E-state index contributed by atoms with van der Waals surface area (Å²) in [5.74, 6) is -0.757. The Balaban J connectivity index is 2.59. The average Bonchev–Trinajstić information content (AvgIpc) is 2.66. The lowest BCUT2D eigenvalue weighted by molar-refractivity contribution is -0.133. The van der Waals surface area contributed by atoms with Crippen molar-refractivity contribution in [3.05, 3.63) is 58.7 Å². The largest absolute Gasteiger partial charge is 0.507 e. The zero-order valence-electron chi connectivity index (χ0n) is 16.3. The number of phenolic OH excluding ortho intramolecular Hbond substituents is 3. The van der Waals surface area contributed by atoms with Gasteiger partial charge in [-0.25, -0.2) is 4.79 Å². The predicted octanol–water partition coefficient (Wildman–Crippen LogP) is 4.03. The summed E-state index contributed by atoms with van der Waals surface area (Å²) in [6.45, 7) is 3.92. The van der Waals surface area contributed by atoms with Gasteiger partial charge in [-0.3, -0.25) is 0 Å². The van der Waals surface area contributed by atoms with Crippen molar-refractivity contribution < 1.29 is 29.6 Å². The van der Waals surface area contributed by atoms with Gasteiger partial charge in [-0.15, -0.1) is 0 Å². The minimum absolute atomic E-state index is 0.00444. The fourth-order valence-corrected chi connectivity index (χ4v) is 2.65. The number of carbonyl (C=O) groups excluding carboxylic acids is 1. The molecule has 0 atom stereocenters. The molecule has 148 valence electrons. The highest BCUT2D eigenvalue weighted by Gasteiger charge is 2.18. The van der Waals surface area contributed by atoms with E-state index in [2.05, 4.69) is 0 Å². The van der Waals surface area contributed by atoms with Crippen molar-refractivity contribution in [1.29, 1.82) is 0 Å². The minimum Gasteiger partial charge on any atom is -0.507 e. The van der Waals surface area contributed by atoms with E-state index in [4.69, 9.17) is 9.47 Å². The molecule has 0 aliphatic heterocycles. The normalized spacial score (nSPS) is 11.1. The Morgan fingerprint density at radius 2 is 1.71 bits per heavy atom. The van der Waals surface area contributed by atoms with Crippen LogP contribution in [0.5, 0.6) is 23.0 Å². The van der Waals surface area contributed by atoms with Gasteiger partial charge in [-0.2, -0.15) is 0 Å². The van der Waals surface area contributed by atoms with E-state index in [0.717, 1.165) is 5.57 Å². The maximum atomic E-state index is 12.3. The Morgan fingerprint density at radius 3 is 2.29 bits per heavy atom. The van der Waals surface area contributed by atoms with E-state index in [1.54, 1.807) is 6.07 Å². The molecule has 0 heterocycles. The maximum Gasteiger partial charge on any atom is 0.338 e. The molecule has 0 bridgehead atoms. The molecule has 0 spiro atoms. The molecule has 0 amide bonds. The van der Waals surface area contributed by atoms with Crippen LogP contribution >= 0.6 is 0 Å². The van der Waals surface area contributed by atoms with E-state index in [9.17, 15) is 20.1 Å². The maximum absolute atomic E-state index is 12.3. The summed E-state index contributed by atoms with van der Waals surface area (Å²) in [6.07, 6.45) is 3.95. The minimum atomic E-state index is -0.619. The summed E-state index contributed by atoms with van der Waals surface area (Å²) in [5.41, 5.74) is 2.75. The summed E-state index contributed by atoms with van der Waals surface area (Å²) in [7, 11) is 2.74. The van der Waals surface area contributed by atoms with Crippen molar-refractivity contribution in [2.24, 2.45) is 0 Å². The lowest BCUT2D eigenvalue weighted by atomic mass is 9.98. The van der Waals surface area contributed by atoms with Crippen molar-refractivity contribution in [1.82, 2.24) is 0 Å². The van der Waals surface area contributed by atoms with Crippen LogP contribution in [-0.2, 0) is 16.0 Å². The van der Waals surface area contributed by atoms with E-state index >= 15 is 0 Å². The van der Waals surface area contributed by atoms with Crippen LogP contribution in [0.3, 0.4) is 0 Å². The number of hydrogen-bond acceptors (Lipinski definition) is 6. The fraction of sp³-hybridized carbons (Fsp3) is 0.227. The summed E-state index contributed by atoms with van der Waals surface area (Å²) in [5, 5.41) is 29.6. The molecule has 6 nitrogen and oxygen atoms in total. The topological polar surface area (TPSA) is 96.2 Å². The van der Waals surface area contributed by atoms with Crippen molar-refractivity contribution in [3.8, 4) is 23.0 Å². The third-order valence-electron chi connectivity index (χ3n) is 4.15. The first kappa shape index (κ1) is 20.9. The number of ether oxygens (including phenoxy) is 2. The van der Waals surface area contributed by atoms with Crippen molar-refractivity contribution in [2.75, 3.05) is 14.2 Å². The van der Waals surface area contributed by atoms with Crippen LogP contribution in [-0.4, -0.2) is 35.5 Å². The van der Waals surface area contributed by atoms with E-state index in [0.29, 0.717) is 28.9 Å². The Labute approximate surface area is 164 Å². The molecule has 0 aliphatic rings. The number of carbonyl (C=O) groups is 1. The molecule has 0 unspecified atom stereocenters. The van der Waals surface area contributed by atoms with Crippen LogP contribution in [0.2, 0.25) is 0 Å². The number of phenols is 3. The third kappa shape index (κ3) is 4.85. The second kappa shape index (κ2) is 8.99. The van der Waals surface area contributed by atoms with Gasteiger partial charge in [0.2, 0.25) is 0 Å². The third-order valence-corrected chi connectivity index (χ3v) is 4.15. The molecule has 0 aliphatic carbocycles. The van der Waals surface area contributed by atoms with Gasteiger partial charge in [0.05, 0.1) is 19.8 Å². The number of aromatic hydroxyl groups is 3. The molecular formula is C22H24O6. The predicted molar refractivity (Wildman–Crippen MR) is 107 cm³/mol. The number of methoxy groups -OCH3 is 2. The summed E-state index contributed by atoms with van der Waals surface area (Å²) < 4.78 is 10.3. The zero-order chi connectivity index (χ0) is 20.8. The summed E-state index contributed by atoms with van der Waals surface area (Å²) in [4.78, 5) is 12.3. The smallest absolute Gasteiger partial charge is 0.338 e. The first-order valence-electron chi connectivity index (χ1n) is 8.62. The van der Waals surface area contributed by atoms with Gasteiger partial charge in [0, 0.05) is 5.56 Å². The number of rotatable bonds is 6. The summed E-state index contributed by atoms with van der Waals surface area (Å²) in [6, 6.07) is 7.30. The lowest BCUT2D eigenvalue weighted by Gasteiger charge is -2.14. The highest BCUT2D eigenvalue weighted by atomic mass is 16.5. The van der Waals surface area contributed by atoms with Gasteiger partial charge in [0.1, 0.15) is 11.5 Å². The number of allylic oxidation sites excluding steroid dienone is 2. The first-order valence-corrected chi connectivity index (χ1v) is 8.62. The molecule has 0 aromatic heterocycles. The van der Waals surface area contributed by atoms with Crippen LogP contribution in [0.4, 0.5) is 0 Å². The van der Waals surface area contributed by atoms with Gasteiger partial charge < -0.3 is 24.8 Å². The molecule has 3 N–H and O–H groups in total. The van der Waals surface area contributed by atoms with Crippen molar-refractivity contribution in [3.63, 3.8) is 0 Å².